The number of phenolic OH excluding ortho intramolecular Hbond substituents is 1. The van der Waals surface area contributed by atoms with Gasteiger partial charge in [0.1, 0.15) is 5.75 Å². The molecule has 2 atom stereocenters. The van der Waals surface area contributed by atoms with E-state index in [-0.39, 0.29) is 5.75 Å². The van der Waals surface area contributed by atoms with Crippen LogP contribution >= 0.6 is 0 Å². The van der Waals surface area contributed by atoms with Crippen LogP contribution in [0.4, 0.5) is 0 Å². The van der Waals surface area contributed by atoms with Gasteiger partial charge in [0, 0.05) is 5.41 Å². The summed E-state index contributed by atoms with van der Waals surface area (Å²) in [5.74, 6) is 0.219. The number of benzene rings is 1. The van der Waals surface area contributed by atoms with Gasteiger partial charge in [0.15, 0.2) is 0 Å². The maximum absolute atomic E-state index is 10.8. The van der Waals surface area contributed by atoms with E-state index >= 15 is 0 Å². The fraction of sp³-hybridized carbons (Fsp3) is 0.467. The van der Waals surface area contributed by atoms with Gasteiger partial charge >= 0.3 is 0 Å². The standard InChI is InChI=1S/C15H20O3/c1-14(2,11-3-5-12(16)6-4-11)15(18)9-7-13(17)8-10-15/h3-7,9,13,16-18H,8,10H2,1-2H3. The SMILES string of the molecule is CC(C)(c1ccc(O)cc1)C1(O)C=CC(O)CC1. The number of hydrogen-bond acceptors (Lipinski definition) is 3. The predicted octanol–water partition coefficient (Wildman–Crippen LogP) is 2.11. The Morgan fingerprint density at radius 3 is 2.33 bits per heavy atom. The fourth-order valence-corrected chi connectivity index (χ4v) is 2.47. The lowest BCUT2D eigenvalue weighted by Crippen LogP contribution is -2.48. The normalized spacial score (nSPS) is 28.3. The molecule has 1 aromatic carbocycles. The Bertz CT molecular complexity index is 447. The van der Waals surface area contributed by atoms with Crippen molar-refractivity contribution in [1.29, 1.82) is 0 Å². The highest BCUT2D eigenvalue weighted by molar-refractivity contribution is 5.35. The molecule has 1 aliphatic carbocycles. The van der Waals surface area contributed by atoms with E-state index in [2.05, 4.69) is 0 Å². The van der Waals surface area contributed by atoms with Gasteiger partial charge in [-0.2, -0.15) is 0 Å². The molecule has 0 aliphatic heterocycles. The molecular formula is C15H20O3. The molecule has 18 heavy (non-hydrogen) atoms. The molecule has 2 unspecified atom stereocenters. The molecule has 3 heteroatoms. The highest BCUT2D eigenvalue weighted by Crippen LogP contribution is 2.41. The van der Waals surface area contributed by atoms with Gasteiger partial charge in [-0.1, -0.05) is 38.1 Å². The largest absolute Gasteiger partial charge is 0.508 e. The van der Waals surface area contributed by atoms with Crippen LogP contribution < -0.4 is 0 Å². The number of phenols is 1. The zero-order valence-corrected chi connectivity index (χ0v) is 10.8. The smallest absolute Gasteiger partial charge is 0.115 e. The molecule has 0 fully saturated rings. The van der Waals surface area contributed by atoms with Gasteiger partial charge < -0.3 is 15.3 Å². The second-order valence-corrected chi connectivity index (χ2v) is 5.56. The highest BCUT2D eigenvalue weighted by atomic mass is 16.3. The molecule has 1 aromatic rings. The lowest BCUT2D eigenvalue weighted by Gasteiger charge is -2.43. The highest BCUT2D eigenvalue weighted by Gasteiger charge is 2.43. The van der Waals surface area contributed by atoms with Crippen molar-refractivity contribution in [2.75, 3.05) is 0 Å². The Hall–Kier alpha value is -1.32. The average molecular weight is 248 g/mol. The average Bonchev–Trinajstić information content (AvgIpc) is 2.33. The topological polar surface area (TPSA) is 60.7 Å². The van der Waals surface area contributed by atoms with E-state index in [0.717, 1.165) is 5.56 Å². The van der Waals surface area contributed by atoms with Crippen LogP contribution in [-0.4, -0.2) is 27.0 Å². The van der Waals surface area contributed by atoms with E-state index in [0.29, 0.717) is 12.8 Å². The Kier molecular flexibility index (Phi) is 3.21. The van der Waals surface area contributed by atoms with Gasteiger partial charge in [-0.05, 0) is 30.5 Å². The maximum Gasteiger partial charge on any atom is 0.115 e. The Morgan fingerprint density at radius 2 is 1.83 bits per heavy atom. The molecule has 0 aromatic heterocycles. The Morgan fingerprint density at radius 1 is 1.22 bits per heavy atom. The van der Waals surface area contributed by atoms with Crippen molar-refractivity contribution in [3.05, 3.63) is 42.0 Å². The maximum atomic E-state index is 10.8. The first kappa shape index (κ1) is 13.1. The van der Waals surface area contributed by atoms with Gasteiger partial charge in [-0.25, -0.2) is 0 Å². The molecule has 98 valence electrons. The molecule has 2 rings (SSSR count). The summed E-state index contributed by atoms with van der Waals surface area (Å²) in [6.45, 7) is 3.95. The van der Waals surface area contributed by atoms with Gasteiger partial charge in [-0.3, -0.25) is 0 Å². The second-order valence-electron chi connectivity index (χ2n) is 5.56. The first-order valence-corrected chi connectivity index (χ1v) is 6.24. The molecule has 0 saturated carbocycles. The molecular weight excluding hydrogens is 228 g/mol. The number of hydrogen-bond donors (Lipinski definition) is 3. The molecule has 0 amide bonds. The third kappa shape index (κ3) is 2.16. The number of aliphatic hydroxyl groups is 2. The fourth-order valence-electron chi connectivity index (χ4n) is 2.47. The summed E-state index contributed by atoms with van der Waals surface area (Å²) >= 11 is 0. The zero-order valence-electron chi connectivity index (χ0n) is 10.8. The molecule has 0 bridgehead atoms. The van der Waals surface area contributed by atoms with Crippen LogP contribution in [0.5, 0.6) is 5.75 Å². The minimum absolute atomic E-state index is 0.219. The van der Waals surface area contributed by atoms with Gasteiger partial charge in [0.25, 0.3) is 0 Å². The monoisotopic (exact) mass is 248 g/mol. The number of rotatable bonds is 2. The summed E-state index contributed by atoms with van der Waals surface area (Å²) in [6.07, 6.45) is 3.99. The molecule has 0 spiro atoms. The van der Waals surface area contributed by atoms with Crippen LogP contribution in [0.2, 0.25) is 0 Å². The van der Waals surface area contributed by atoms with Gasteiger partial charge in [0.05, 0.1) is 11.7 Å². The van der Waals surface area contributed by atoms with Crippen LogP contribution in [0.25, 0.3) is 0 Å². The summed E-state index contributed by atoms with van der Waals surface area (Å²) in [7, 11) is 0. The Labute approximate surface area is 107 Å². The summed E-state index contributed by atoms with van der Waals surface area (Å²) in [5, 5.41) is 29.6. The molecule has 1 aliphatic rings. The minimum atomic E-state index is -0.969. The lowest BCUT2D eigenvalue weighted by molar-refractivity contribution is -0.00588. The first-order valence-electron chi connectivity index (χ1n) is 6.24. The van der Waals surface area contributed by atoms with E-state index in [1.807, 2.05) is 26.0 Å². The van der Waals surface area contributed by atoms with Crippen molar-refractivity contribution in [2.24, 2.45) is 0 Å². The van der Waals surface area contributed by atoms with Gasteiger partial charge in [0.2, 0.25) is 0 Å². The summed E-state index contributed by atoms with van der Waals surface area (Å²) in [4.78, 5) is 0. The zero-order chi connectivity index (χ0) is 13.4. The third-order valence-corrected chi connectivity index (χ3v) is 4.09. The van der Waals surface area contributed by atoms with E-state index in [4.69, 9.17) is 0 Å². The minimum Gasteiger partial charge on any atom is -0.508 e. The van der Waals surface area contributed by atoms with Crippen molar-refractivity contribution in [3.63, 3.8) is 0 Å². The van der Waals surface area contributed by atoms with Crippen LogP contribution in [0.15, 0.2) is 36.4 Å². The molecule has 3 nitrogen and oxygen atoms in total. The second kappa shape index (κ2) is 4.41. The van der Waals surface area contributed by atoms with Gasteiger partial charge in [-0.15, -0.1) is 0 Å². The number of aliphatic hydroxyl groups excluding tert-OH is 1. The van der Waals surface area contributed by atoms with Crippen LogP contribution in [0, 0.1) is 0 Å². The molecule has 0 heterocycles. The van der Waals surface area contributed by atoms with E-state index < -0.39 is 17.1 Å². The first-order chi connectivity index (χ1) is 8.35. The van der Waals surface area contributed by atoms with Crippen molar-refractivity contribution in [2.45, 2.75) is 43.8 Å². The van der Waals surface area contributed by atoms with Crippen molar-refractivity contribution in [3.8, 4) is 5.75 Å². The van der Waals surface area contributed by atoms with Crippen LogP contribution in [-0.2, 0) is 5.41 Å². The van der Waals surface area contributed by atoms with Crippen molar-refractivity contribution in [1.82, 2.24) is 0 Å². The molecule has 0 saturated heterocycles. The third-order valence-electron chi connectivity index (χ3n) is 4.09. The van der Waals surface area contributed by atoms with Crippen molar-refractivity contribution < 1.29 is 15.3 Å². The lowest BCUT2D eigenvalue weighted by atomic mass is 9.66. The number of aromatic hydroxyl groups is 1. The van der Waals surface area contributed by atoms with E-state index in [1.165, 1.54) is 0 Å². The van der Waals surface area contributed by atoms with Crippen molar-refractivity contribution >= 4 is 0 Å². The predicted molar refractivity (Wildman–Crippen MR) is 70.5 cm³/mol. The summed E-state index contributed by atoms with van der Waals surface area (Å²) < 4.78 is 0. The van der Waals surface area contributed by atoms with E-state index in [1.54, 1.807) is 24.3 Å². The molecule has 3 N–H and O–H groups in total. The van der Waals surface area contributed by atoms with Crippen LogP contribution in [0.3, 0.4) is 0 Å². The Balaban J connectivity index is 2.35. The quantitative estimate of drug-likeness (QED) is 0.702. The van der Waals surface area contributed by atoms with E-state index in [9.17, 15) is 15.3 Å². The van der Waals surface area contributed by atoms with Crippen LogP contribution in [0.1, 0.15) is 32.3 Å². The molecule has 0 radical (unpaired) electrons. The summed E-state index contributed by atoms with van der Waals surface area (Å²) in [5.41, 5.74) is -0.482. The summed E-state index contributed by atoms with van der Waals surface area (Å²) in [6, 6.07) is 6.90.